The summed E-state index contributed by atoms with van der Waals surface area (Å²) in [5, 5.41) is 3.67. The van der Waals surface area contributed by atoms with E-state index in [0.717, 1.165) is 12.8 Å². The summed E-state index contributed by atoms with van der Waals surface area (Å²) < 4.78 is 0. The third kappa shape index (κ3) is 3.72. The van der Waals surface area contributed by atoms with E-state index in [2.05, 4.69) is 43.0 Å². The van der Waals surface area contributed by atoms with Crippen LogP contribution in [0.2, 0.25) is 5.28 Å². The van der Waals surface area contributed by atoms with Crippen LogP contribution in [0.15, 0.2) is 6.20 Å². The summed E-state index contributed by atoms with van der Waals surface area (Å²) in [4.78, 5) is 8.06. The molecule has 0 atom stereocenters. The van der Waals surface area contributed by atoms with Crippen LogP contribution < -0.4 is 11.1 Å². The molecule has 0 radical (unpaired) electrons. The van der Waals surface area contributed by atoms with Gasteiger partial charge in [0.05, 0.1) is 11.9 Å². The average Bonchev–Trinajstić information content (AvgIpc) is 2.18. The highest BCUT2D eigenvalue weighted by Gasteiger charge is 2.38. The molecule has 1 saturated carbocycles. The zero-order chi connectivity index (χ0) is 14.3. The van der Waals surface area contributed by atoms with E-state index in [1.54, 1.807) is 6.20 Å². The highest BCUT2D eigenvalue weighted by Crippen LogP contribution is 2.46. The number of aromatic nitrogens is 2. The van der Waals surface area contributed by atoms with E-state index < -0.39 is 0 Å². The highest BCUT2D eigenvalue weighted by atomic mass is 35.5. The molecule has 0 aromatic carbocycles. The van der Waals surface area contributed by atoms with Crippen LogP contribution in [0.4, 0.5) is 11.5 Å². The second kappa shape index (κ2) is 4.82. The number of anilines is 2. The maximum absolute atomic E-state index is 5.90. The Kier molecular flexibility index (Phi) is 3.65. The summed E-state index contributed by atoms with van der Waals surface area (Å²) in [7, 11) is 0. The molecule has 1 fully saturated rings. The molecular weight excluding hydrogens is 260 g/mol. The molecule has 1 aliphatic rings. The first-order valence-electron chi connectivity index (χ1n) is 6.71. The van der Waals surface area contributed by atoms with E-state index in [1.807, 2.05) is 0 Å². The highest BCUT2D eigenvalue weighted by molar-refractivity contribution is 6.28. The van der Waals surface area contributed by atoms with Gasteiger partial charge in [-0.25, -0.2) is 4.98 Å². The van der Waals surface area contributed by atoms with Gasteiger partial charge >= 0.3 is 0 Å². The minimum Gasteiger partial charge on any atom is -0.394 e. The van der Waals surface area contributed by atoms with Crippen molar-refractivity contribution >= 4 is 23.1 Å². The van der Waals surface area contributed by atoms with Gasteiger partial charge in [-0.2, -0.15) is 4.98 Å². The Bertz CT molecular complexity index is 455. The van der Waals surface area contributed by atoms with Crippen LogP contribution in [0.25, 0.3) is 0 Å². The molecule has 2 rings (SSSR count). The van der Waals surface area contributed by atoms with Gasteiger partial charge in [-0.15, -0.1) is 0 Å². The molecule has 0 saturated heterocycles. The number of hydrogen-bond donors (Lipinski definition) is 2. The van der Waals surface area contributed by atoms with Crippen LogP contribution >= 0.6 is 11.6 Å². The Morgan fingerprint density at radius 1 is 1.26 bits per heavy atom. The number of nitrogens with two attached hydrogens (primary N) is 1. The van der Waals surface area contributed by atoms with E-state index in [-0.39, 0.29) is 5.28 Å². The smallest absolute Gasteiger partial charge is 0.224 e. The zero-order valence-electron chi connectivity index (χ0n) is 12.1. The standard InChI is InChI=1S/C14H23ClN4/c1-13(2)5-9(6-14(3,4)8-13)18-11-10(16)7-17-12(15)19-11/h7,9H,5-6,8,16H2,1-4H3,(H,17,18,19). The lowest BCUT2D eigenvalue weighted by atomic mass is 9.63. The van der Waals surface area contributed by atoms with Crippen molar-refractivity contribution in [1.82, 2.24) is 9.97 Å². The van der Waals surface area contributed by atoms with Crippen LogP contribution in [0.5, 0.6) is 0 Å². The van der Waals surface area contributed by atoms with Crippen LogP contribution in [-0.2, 0) is 0 Å². The van der Waals surface area contributed by atoms with Crippen molar-refractivity contribution in [2.24, 2.45) is 10.8 Å². The quantitative estimate of drug-likeness (QED) is 0.811. The van der Waals surface area contributed by atoms with Crippen molar-refractivity contribution in [3.8, 4) is 0 Å². The Balaban J connectivity index is 2.16. The molecule has 0 unspecified atom stereocenters. The number of nitrogen functional groups attached to an aromatic ring is 1. The zero-order valence-corrected chi connectivity index (χ0v) is 12.9. The van der Waals surface area contributed by atoms with Crippen LogP contribution in [0, 0.1) is 10.8 Å². The molecule has 1 aromatic rings. The summed E-state index contributed by atoms with van der Waals surface area (Å²) in [6.45, 7) is 9.27. The Morgan fingerprint density at radius 2 is 1.84 bits per heavy atom. The predicted molar refractivity (Wildman–Crippen MR) is 80.3 cm³/mol. The molecule has 5 heteroatoms. The third-order valence-corrected chi connectivity index (χ3v) is 3.87. The summed E-state index contributed by atoms with van der Waals surface area (Å²) in [6, 6.07) is 0.368. The molecule has 0 amide bonds. The first-order valence-corrected chi connectivity index (χ1v) is 7.09. The minimum absolute atomic E-state index is 0.228. The number of hydrogen-bond acceptors (Lipinski definition) is 4. The van der Waals surface area contributed by atoms with Crippen LogP contribution in [-0.4, -0.2) is 16.0 Å². The average molecular weight is 283 g/mol. The fourth-order valence-corrected chi connectivity index (χ4v) is 3.76. The van der Waals surface area contributed by atoms with Crippen molar-refractivity contribution in [1.29, 1.82) is 0 Å². The molecule has 19 heavy (non-hydrogen) atoms. The van der Waals surface area contributed by atoms with E-state index in [0.29, 0.717) is 28.4 Å². The molecule has 1 aliphatic carbocycles. The first kappa shape index (κ1) is 14.4. The van der Waals surface area contributed by atoms with E-state index >= 15 is 0 Å². The van der Waals surface area contributed by atoms with Gasteiger partial charge in [0.15, 0.2) is 5.82 Å². The molecular formula is C14H23ClN4. The molecule has 0 aliphatic heterocycles. The van der Waals surface area contributed by atoms with Gasteiger partial charge in [-0.3, -0.25) is 0 Å². The maximum Gasteiger partial charge on any atom is 0.224 e. The molecule has 1 aromatic heterocycles. The fraction of sp³-hybridized carbons (Fsp3) is 0.714. The van der Waals surface area contributed by atoms with Crippen molar-refractivity contribution in [3.05, 3.63) is 11.5 Å². The molecule has 1 heterocycles. The molecule has 3 N–H and O–H groups in total. The summed E-state index contributed by atoms with van der Waals surface area (Å²) in [5.74, 6) is 0.651. The molecule has 4 nitrogen and oxygen atoms in total. The topological polar surface area (TPSA) is 63.8 Å². The van der Waals surface area contributed by atoms with Gasteiger partial charge in [0.2, 0.25) is 5.28 Å². The van der Waals surface area contributed by atoms with E-state index in [1.165, 1.54) is 6.42 Å². The molecule has 0 bridgehead atoms. The lowest BCUT2D eigenvalue weighted by molar-refractivity contribution is 0.105. The number of nitrogens with zero attached hydrogens (tertiary/aromatic N) is 2. The summed E-state index contributed by atoms with van der Waals surface area (Å²) in [6.07, 6.45) is 5.00. The Labute approximate surface area is 120 Å². The summed E-state index contributed by atoms with van der Waals surface area (Å²) >= 11 is 5.83. The van der Waals surface area contributed by atoms with Crippen molar-refractivity contribution in [2.45, 2.75) is 53.0 Å². The lowest BCUT2D eigenvalue weighted by Crippen LogP contribution is -2.40. The number of nitrogens with one attached hydrogen (secondary N) is 1. The van der Waals surface area contributed by atoms with Crippen molar-refractivity contribution < 1.29 is 0 Å². The van der Waals surface area contributed by atoms with Crippen molar-refractivity contribution in [2.75, 3.05) is 11.1 Å². The third-order valence-electron chi connectivity index (χ3n) is 3.68. The van der Waals surface area contributed by atoms with Crippen LogP contribution in [0.3, 0.4) is 0 Å². The van der Waals surface area contributed by atoms with E-state index in [9.17, 15) is 0 Å². The second-order valence-electron chi connectivity index (χ2n) is 7.20. The van der Waals surface area contributed by atoms with Gasteiger partial charge in [-0.1, -0.05) is 27.7 Å². The molecule has 106 valence electrons. The number of rotatable bonds is 2. The fourth-order valence-electron chi connectivity index (χ4n) is 3.63. The van der Waals surface area contributed by atoms with Crippen LogP contribution in [0.1, 0.15) is 47.0 Å². The lowest BCUT2D eigenvalue weighted by Gasteiger charge is -2.45. The van der Waals surface area contributed by atoms with Gasteiger partial charge in [0, 0.05) is 6.04 Å². The Hall–Kier alpha value is -1.03. The van der Waals surface area contributed by atoms with Gasteiger partial charge in [0.1, 0.15) is 0 Å². The van der Waals surface area contributed by atoms with Crippen molar-refractivity contribution in [3.63, 3.8) is 0 Å². The largest absolute Gasteiger partial charge is 0.394 e. The van der Waals surface area contributed by atoms with Gasteiger partial charge < -0.3 is 11.1 Å². The normalized spacial score (nSPS) is 22.2. The minimum atomic E-state index is 0.228. The SMILES string of the molecule is CC1(C)CC(Nc2nc(Cl)ncc2N)CC(C)(C)C1. The maximum atomic E-state index is 5.90. The van der Waals surface area contributed by atoms with Gasteiger partial charge in [0.25, 0.3) is 0 Å². The molecule has 0 spiro atoms. The van der Waals surface area contributed by atoms with Gasteiger partial charge in [-0.05, 0) is 41.7 Å². The second-order valence-corrected chi connectivity index (χ2v) is 7.54. The predicted octanol–water partition coefficient (Wildman–Crippen LogP) is 3.73. The first-order chi connectivity index (χ1) is 8.67. The summed E-state index contributed by atoms with van der Waals surface area (Å²) in [5.41, 5.74) is 7.09. The van der Waals surface area contributed by atoms with E-state index in [4.69, 9.17) is 17.3 Å². The number of halogens is 1. The Morgan fingerprint density at radius 3 is 2.42 bits per heavy atom. The monoisotopic (exact) mass is 282 g/mol.